The molecule has 0 radical (unpaired) electrons. The predicted octanol–water partition coefficient (Wildman–Crippen LogP) is 2.02. The minimum Gasteiger partial charge on any atom is -0.477 e. The first kappa shape index (κ1) is 13.3. The lowest BCUT2D eigenvalue weighted by Gasteiger charge is -2.04. The molecule has 3 rings (SSSR count). The summed E-state index contributed by atoms with van der Waals surface area (Å²) in [5.74, 6) is -1.31. The van der Waals surface area contributed by atoms with Crippen LogP contribution in [-0.2, 0) is 6.54 Å². The molecule has 0 aliphatic heterocycles. The molecule has 106 valence electrons. The van der Waals surface area contributed by atoms with Gasteiger partial charge in [-0.25, -0.2) is 9.78 Å². The van der Waals surface area contributed by atoms with E-state index in [0.29, 0.717) is 11.4 Å². The third-order valence-electron chi connectivity index (χ3n) is 2.96. The quantitative estimate of drug-likeness (QED) is 0.772. The van der Waals surface area contributed by atoms with Crippen molar-refractivity contribution in [3.63, 3.8) is 0 Å². The van der Waals surface area contributed by atoms with Gasteiger partial charge in [0.15, 0.2) is 0 Å². The van der Waals surface area contributed by atoms with E-state index in [1.807, 2.05) is 28.9 Å². The molecule has 0 aromatic carbocycles. The van der Waals surface area contributed by atoms with Crippen molar-refractivity contribution < 1.29 is 14.7 Å². The molecule has 3 aromatic rings. The van der Waals surface area contributed by atoms with Crippen molar-refractivity contribution in [2.45, 2.75) is 6.54 Å². The van der Waals surface area contributed by atoms with Crippen LogP contribution in [0.25, 0.3) is 5.65 Å². The SMILES string of the molecule is O=C(O)c1ccc(C(=O)NCc2ccn3ccnc3c2)s1. The number of pyridine rings is 1. The minimum absolute atomic E-state index is 0.152. The van der Waals surface area contributed by atoms with E-state index >= 15 is 0 Å². The van der Waals surface area contributed by atoms with Gasteiger partial charge in [0.1, 0.15) is 10.5 Å². The van der Waals surface area contributed by atoms with Crippen LogP contribution in [0.4, 0.5) is 0 Å². The lowest BCUT2D eigenvalue weighted by Crippen LogP contribution is -2.21. The Morgan fingerprint density at radius 1 is 1.24 bits per heavy atom. The maximum atomic E-state index is 12.0. The van der Waals surface area contributed by atoms with Crippen molar-refractivity contribution in [3.8, 4) is 0 Å². The normalized spacial score (nSPS) is 10.7. The van der Waals surface area contributed by atoms with Gasteiger partial charge in [-0.05, 0) is 29.8 Å². The van der Waals surface area contributed by atoms with Crippen LogP contribution in [-0.4, -0.2) is 26.4 Å². The van der Waals surface area contributed by atoms with Gasteiger partial charge in [-0.1, -0.05) is 0 Å². The summed E-state index contributed by atoms with van der Waals surface area (Å²) in [6.07, 6.45) is 5.42. The number of aromatic carboxylic acids is 1. The van der Waals surface area contributed by atoms with E-state index in [1.165, 1.54) is 12.1 Å². The number of amides is 1. The number of thiophene rings is 1. The summed E-state index contributed by atoms with van der Waals surface area (Å²) in [5.41, 5.74) is 1.74. The molecule has 0 saturated heterocycles. The number of aromatic nitrogens is 2. The zero-order valence-corrected chi connectivity index (χ0v) is 11.6. The van der Waals surface area contributed by atoms with Crippen LogP contribution in [0.15, 0.2) is 42.9 Å². The van der Waals surface area contributed by atoms with Crippen molar-refractivity contribution >= 4 is 28.9 Å². The Balaban J connectivity index is 1.68. The topological polar surface area (TPSA) is 83.7 Å². The molecule has 0 fully saturated rings. The number of carbonyl (C=O) groups is 2. The van der Waals surface area contributed by atoms with E-state index in [1.54, 1.807) is 6.20 Å². The smallest absolute Gasteiger partial charge is 0.345 e. The van der Waals surface area contributed by atoms with Crippen LogP contribution >= 0.6 is 11.3 Å². The van der Waals surface area contributed by atoms with E-state index in [4.69, 9.17) is 5.11 Å². The van der Waals surface area contributed by atoms with Gasteiger partial charge < -0.3 is 14.8 Å². The average Bonchev–Trinajstić information content (AvgIpc) is 3.12. The monoisotopic (exact) mass is 301 g/mol. The van der Waals surface area contributed by atoms with Crippen LogP contribution in [0.5, 0.6) is 0 Å². The number of carboxylic acid groups (broad SMARTS) is 1. The number of rotatable bonds is 4. The van der Waals surface area contributed by atoms with Crippen LogP contribution in [0.1, 0.15) is 24.9 Å². The van der Waals surface area contributed by atoms with Gasteiger partial charge in [0, 0.05) is 25.1 Å². The molecule has 0 atom stereocenters. The Kier molecular flexibility index (Phi) is 3.41. The average molecular weight is 301 g/mol. The third kappa shape index (κ3) is 2.77. The van der Waals surface area contributed by atoms with E-state index in [-0.39, 0.29) is 10.8 Å². The predicted molar refractivity (Wildman–Crippen MR) is 77.6 cm³/mol. The fourth-order valence-electron chi connectivity index (χ4n) is 1.91. The molecular formula is C14H11N3O3S. The standard InChI is InChI=1S/C14H11N3O3S/c18-13(10-1-2-11(21-10)14(19)20)16-8-9-3-5-17-6-4-15-12(17)7-9/h1-7H,8H2,(H,16,18)(H,19,20). The Hall–Kier alpha value is -2.67. The molecule has 0 unspecified atom stereocenters. The van der Waals surface area contributed by atoms with E-state index in [0.717, 1.165) is 22.5 Å². The second-order valence-electron chi connectivity index (χ2n) is 4.38. The van der Waals surface area contributed by atoms with E-state index in [9.17, 15) is 9.59 Å². The Labute approximate surface area is 123 Å². The van der Waals surface area contributed by atoms with Gasteiger partial charge in [0.2, 0.25) is 0 Å². The molecule has 3 heterocycles. The van der Waals surface area contributed by atoms with Gasteiger partial charge in [-0.15, -0.1) is 11.3 Å². The van der Waals surface area contributed by atoms with Gasteiger partial charge >= 0.3 is 5.97 Å². The van der Waals surface area contributed by atoms with Gasteiger partial charge in [0.25, 0.3) is 5.91 Å². The summed E-state index contributed by atoms with van der Waals surface area (Å²) < 4.78 is 1.88. The van der Waals surface area contributed by atoms with Crippen LogP contribution in [0, 0.1) is 0 Å². The molecule has 21 heavy (non-hydrogen) atoms. The van der Waals surface area contributed by atoms with Crippen molar-refractivity contribution in [3.05, 3.63) is 58.2 Å². The summed E-state index contributed by atoms with van der Waals surface area (Å²) in [7, 11) is 0. The highest BCUT2D eigenvalue weighted by Crippen LogP contribution is 2.16. The number of nitrogens with zero attached hydrogens (tertiary/aromatic N) is 2. The van der Waals surface area contributed by atoms with Crippen molar-refractivity contribution in [1.29, 1.82) is 0 Å². The Morgan fingerprint density at radius 3 is 2.81 bits per heavy atom. The van der Waals surface area contributed by atoms with Crippen molar-refractivity contribution in [2.24, 2.45) is 0 Å². The maximum absolute atomic E-state index is 12.0. The molecule has 0 aliphatic rings. The zero-order valence-electron chi connectivity index (χ0n) is 10.8. The Bertz CT molecular complexity index is 822. The van der Waals surface area contributed by atoms with Gasteiger partial charge in [0.05, 0.1) is 4.88 Å². The molecule has 0 spiro atoms. The van der Waals surface area contributed by atoms with E-state index in [2.05, 4.69) is 10.3 Å². The summed E-state index contributed by atoms with van der Waals surface area (Å²) >= 11 is 0.960. The largest absolute Gasteiger partial charge is 0.477 e. The molecule has 7 heteroatoms. The highest BCUT2D eigenvalue weighted by molar-refractivity contribution is 7.15. The number of carbonyl (C=O) groups excluding carboxylic acids is 1. The molecule has 0 aliphatic carbocycles. The van der Waals surface area contributed by atoms with Crippen LogP contribution in [0.2, 0.25) is 0 Å². The lowest BCUT2D eigenvalue weighted by molar-refractivity contribution is 0.0702. The summed E-state index contributed by atoms with van der Waals surface area (Å²) in [6, 6.07) is 6.73. The maximum Gasteiger partial charge on any atom is 0.345 e. The number of carboxylic acids is 1. The summed E-state index contributed by atoms with van der Waals surface area (Å²) in [4.78, 5) is 27.4. The van der Waals surface area contributed by atoms with Gasteiger partial charge in [-0.2, -0.15) is 0 Å². The first-order valence-corrected chi connectivity index (χ1v) is 6.98. The molecule has 6 nitrogen and oxygen atoms in total. The summed E-state index contributed by atoms with van der Waals surface area (Å²) in [5, 5.41) is 11.6. The second kappa shape index (κ2) is 5.37. The molecular weight excluding hydrogens is 290 g/mol. The molecule has 0 saturated carbocycles. The third-order valence-corrected chi connectivity index (χ3v) is 4.03. The van der Waals surface area contributed by atoms with Crippen LogP contribution in [0.3, 0.4) is 0 Å². The second-order valence-corrected chi connectivity index (χ2v) is 5.46. The fourth-order valence-corrected chi connectivity index (χ4v) is 2.67. The number of nitrogens with one attached hydrogen (secondary N) is 1. The molecule has 3 aromatic heterocycles. The lowest BCUT2D eigenvalue weighted by atomic mass is 10.2. The number of imidazole rings is 1. The highest BCUT2D eigenvalue weighted by Gasteiger charge is 2.12. The number of fused-ring (bicyclic) bond motifs is 1. The molecule has 1 amide bonds. The Morgan fingerprint density at radius 2 is 2.05 bits per heavy atom. The highest BCUT2D eigenvalue weighted by atomic mass is 32.1. The van der Waals surface area contributed by atoms with Crippen LogP contribution < -0.4 is 5.32 Å². The van der Waals surface area contributed by atoms with E-state index < -0.39 is 5.97 Å². The number of hydrogen-bond donors (Lipinski definition) is 2. The van der Waals surface area contributed by atoms with Gasteiger partial charge in [-0.3, -0.25) is 4.79 Å². The number of hydrogen-bond acceptors (Lipinski definition) is 4. The summed E-state index contributed by atoms with van der Waals surface area (Å²) in [6.45, 7) is 0.364. The first-order valence-electron chi connectivity index (χ1n) is 6.16. The fraction of sp³-hybridized carbons (Fsp3) is 0.0714. The van der Waals surface area contributed by atoms with Crippen molar-refractivity contribution in [1.82, 2.24) is 14.7 Å². The molecule has 0 bridgehead atoms. The molecule has 2 N–H and O–H groups in total. The van der Waals surface area contributed by atoms with Crippen molar-refractivity contribution in [2.75, 3.05) is 0 Å². The zero-order chi connectivity index (χ0) is 14.8. The minimum atomic E-state index is -1.02. The first-order chi connectivity index (χ1) is 10.1.